The van der Waals surface area contributed by atoms with Gasteiger partial charge in [0, 0.05) is 17.1 Å². The Morgan fingerprint density at radius 1 is 1.54 bits per heavy atom. The van der Waals surface area contributed by atoms with Gasteiger partial charge in [0.25, 0.3) is 6.43 Å². The molecule has 1 heterocycles. The highest BCUT2D eigenvalue weighted by Gasteiger charge is 2.16. The van der Waals surface area contributed by atoms with Gasteiger partial charge < -0.3 is 0 Å². The molecule has 0 atom stereocenters. The number of aromatic nitrogens is 1. The van der Waals surface area contributed by atoms with E-state index in [0.717, 1.165) is 5.56 Å². The Hall–Kier alpha value is -0.0300. The van der Waals surface area contributed by atoms with E-state index in [9.17, 15) is 8.78 Å². The van der Waals surface area contributed by atoms with Crippen LogP contribution in [0.15, 0.2) is 10.8 Å². The van der Waals surface area contributed by atoms with Crippen molar-refractivity contribution in [1.82, 2.24) is 4.98 Å². The van der Waals surface area contributed by atoms with Gasteiger partial charge in [-0.2, -0.15) is 0 Å². The van der Waals surface area contributed by atoms with Gasteiger partial charge in [0.2, 0.25) is 0 Å². The van der Waals surface area contributed by atoms with Crippen LogP contribution in [0.1, 0.15) is 23.1 Å². The van der Waals surface area contributed by atoms with Gasteiger partial charge in [-0.1, -0.05) is 15.9 Å². The molecule has 0 saturated heterocycles. The van der Waals surface area contributed by atoms with Gasteiger partial charge in [-0.05, 0) is 34.0 Å². The van der Waals surface area contributed by atoms with Crippen molar-refractivity contribution in [3.8, 4) is 0 Å². The largest absolute Gasteiger partial charge is 0.265 e. The third kappa shape index (κ3) is 2.26. The van der Waals surface area contributed by atoms with Crippen LogP contribution in [0.4, 0.5) is 8.78 Å². The van der Waals surface area contributed by atoms with Gasteiger partial charge in [-0.15, -0.1) is 0 Å². The summed E-state index contributed by atoms with van der Waals surface area (Å²) < 4.78 is 25.5. The van der Waals surface area contributed by atoms with Crippen LogP contribution in [-0.2, 0) is 5.33 Å². The van der Waals surface area contributed by atoms with E-state index in [1.54, 1.807) is 6.92 Å². The Bertz CT molecular complexity index is 315. The molecule has 1 nitrogen and oxygen atoms in total. The molecule has 1 rings (SSSR count). The molecular formula is C8H7Br2F2N. The summed E-state index contributed by atoms with van der Waals surface area (Å²) in [6.07, 6.45) is -1.26. The summed E-state index contributed by atoms with van der Waals surface area (Å²) in [5.41, 5.74) is 1.36. The second-order valence-electron chi connectivity index (χ2n) is 2.54. The van der Waals surface area contributed by atoms with Gasteiger partial charge in [0.05, 0.1) is 0 Å². The Kier molecular flexibility index (Phi) is 3.79. The normalized spacial score (nSPS) is 10.9. The van der Waals surface area contributed by atoms with Gasteiger partial charge in [-0.25, -0.2) is 13.8 Å². The van der Waals surface area contributed by atoms with Gasteiger partial charge in [0.15, 0.2) is 0 Å². The molecule has 0 aliphatic rings. The minimum Gasteiger partial charge on any atom is -0.249 e. The molecular weight excluding hydrogens is 308 g/mol. The van der Waals surface area contributed by atoms with Crippen molar-refractivity contribution in [3.63, 3.8) is 0 Å². The summed E-state index contributed by atoms with van der Waals surface area (Å²) in [5, 5.41) is 0.416. The highest BCUT2D eigenvalue weighted by atomic mass is 79.9. The van der Waals surface area contributed by atoms with Crippen molar-refractivity contribution >= 4 is 31.9 Å². The molecule has 1 aromatic heterocycles. The first-order valence-corrected chi connectivity index (χ1v) is 5.47. The van der Waals surface area contributed by atoms with Crippen LogP contribution < -0.4 is 0 Å². The minimum atomic E-state index is -2.47. The third-order valence-corrected chi connectivity index (χ3v) is 3.16. The fourth-order valence-corrected chi connectivity index (χ4v) is 2.09. The number of pyridine rings is 1. The van der Waals surface area contributed by atoms with E-state index >= 15 is 0 Å². The van der Waals surface area contributed by atoms with Gasteiger partial charge in [0.1, 0.15) is 4.60 Å². The summed E-state index contributed by atoms with van der Waals surface area (Å²) in [5.74, 6) is 0. The standard InChI is InChI=1S/C8H7Br2F2N/c1-4-5(2-9)6(8(11)12)3-13-7(4)10/h3,8H,2H2,1H3. The zero-order valence-corrected chi connectivity index (χ0v) is 9.99. The average Bonchev–Trinajstić information content (AvgIpc) is 2.09. The number of hydrogen-bond donors (Lipinski definition) is 0. The Morgan fingerprint density at radius 3 is 2.62 bits per heavy atom. The fraction of sp³-hybridized carbons (Fsp3) is 0.375. The van der Waals surface area contributed by atoms with E-state index in [-0.39, 0.29) is 5.56 Å². The Morgan fingerprint density at radius 2 is 2.15 bits per heavy atom. The predicted molar refractivity (Wildman–Crippen MR) is 54.3 cm³/mol. The lowest BCUT2D eigenvalue weighted by Crippen LogP contribution is -1.98. The molecule has 0 spiro atoms. The van der Waals surface area contributed by atoms with Crippen LogP contribution in [0, 0.1) is 6.92 Å². The summed E-state index contributed by atoms with van der Waals surface area (Å²) >= 11 is 6.37. The lowest BCUT2D eigenvalue weighted by atomic mass is 10.1. The smallest absolute Gasteiger partial charge is 0.249 e. The van der Waals surface area contributed by atoms with Crippen molar-refractivity contribution in [2.24, 2.45) is 0 Å². The predicted octanol–water partition coefficient (Wildman–Crippen LogP) is 3.99. The van der Waals surface area contributed by atoms with E-state index in [1.165, 1.54) is 6.20 Å². The quantitative estimate of drug-likeness (QED) is 0.594. The van der Waals surface area contributed by atoms with Crippen molar-refractivity contribution in [2.45, 2.75) is 18.7 Å². The van der Waals surface area contributed by atoms with Crippen LogP contribution >= 0.6 is 31.9 Å². The minimum absolute atomic E-state index is 0.00225. The van der Waals surface area contributed by atoms with Crippen LogP contribution in [0.2, 0.25) is 0 Å². The lowest BCUT2D eigenvalue weighted by molar-refractivity contribution is 0.150. The maximum atomic E-state index is 12.5. The summed E-state index contributed by atoms with van der Waals surface area (Å²) in [4.78, 5) is 3.82. The fourth-order valence-electron chi connectivity index (χ4n) is 1.01. The molecule has 72 valence electrons. The molecule has 0 radical (unpaired) electrons. The zero-order chi connectivity index (χ0) is 10.0. The molecule has 0 amide bonds. The van der Waals surface area contributed by atoms with E-state index in [0.29, 0.717) is 15.5 Å². The number of halogens is 4. The Labute approximate surface area is 91.8 Å². The molecule has 0 aromatic carbocycles. The highest BCUT2D eigenvalue weighted by Crippen LogP contribution is 2.29. The maximum absolute atomic E-state index is 12.5. The topological polar surface area (TPSA) is 12.9 Å². The van der Waals surface area contributed by atoms with E-state index in [1.807, 2.05) is 0 Å². The van der Waals surface area contributed by atoms with Crippen LogP contribution in [0.25, 0.3) is 0 Å². The average molecular weight is 315 g/mol. The summed E-state index contributed by atoms with van der Waals surface area (Å²) in [7, 11) is 0. The second kappa shape index (κ2) is 4.46. The highest BCUT2D eigenvalue weighted by molar-refractivity contribution is 9.10. The molecule has 13 heavy (non-hydrogen) atoms. The molecule has 0 aliphatic heterocycles. The second-order valence-corrected chi connectivity index (χ2v) is 3.85. The molecule has 0 N–H and O–H groups in total. The number of rotatable bonds is 2. The monoisotopic (exact) mass is 313 g/mol. The van der Waals surface area contributed by atoms with Crippen LogP contribution in [0.5, 0.6) is 0 Å². The van der Waals surface area contributed by atoms with Gasteiger partial charge in [-0.3, -0.25) is 0 Å². The van der Waals surface area contributed by atoms with Crippen molar-refractivity contribution in [2.75, 3.05) is 0 Å². The van der Waals surface area contributed by atoms with E-state index in [4.69, 9.17) is 0 Å². The third-order valence-electron chi connectivity index (χ3n) is 1.80. The van der Waals surface area contributed by atoms with E-state index < -0.39 is 6.43 Å². The number of nitrogens with zero attached hydrogens (tertiary/aromatic N) is 1. The maximum Gasteiger partial charge on any atom is 0.265 e. The SMILES string of the molecule is Cc1c(Br)ncc(C(F)F)c1CBr. The van der Waals surface area contributed by atoms with Crippen molar-refractivity contribution in [3.05, 3.63) is 27.5 Å². The van der Waals surface area contributed by atoms with Crippen LogP contribution in [-0.4, -0.2) is 4.98 Å². The molecule has 0 bridgehead atoms. The first-order chi connectivity index (χ1) is 6.07. The lowest BCUT2D eigenvalue weighted by Gasteiger charge is -2.09. The molecule has 5 heteroatoms. The summed E-state index contributed by atoms with van der Waals surface area (Å²) in [6.45, 7) is 1.76. The Balaban J connectivity index is 3.30. The zero-order valence-electron chi connectivity index (χ0n) is 6.82. The van der Waals surface area contributed by atoms with Crippen LogP contribution in [0.3, 0.4) is 0 Å². The summed E-state index contributed by atoms with van der Waals surface area (Å²) in [6, 6.07) is 0. The molecule has 0 unspecified atom stereocenters. The van der Waals surface area contributed by atoms with Gasteiger partial charge >= 0.3 is 0 Å². The van der Waals surface area contributed by atoms with E-state index in [2.05, 4.69) is 36.8 Å². The molecule has 0 aliphatic carbocycles. The van der Waals surface area contributed by atoms with Crippen molar-refractivity contribution in [1.29, 1.82) is 0 Å². The first kappa shape index (κ1) is 11.0. The number of hydrogen-bond acceptors (Lipinski definition) is 1. The molecule has 0 fully saturated rings. The van der Waals surface area contributed by atoms with Crippen molar-refractivity contribution < 1.29 is 8.78 Å². The first-order valence-electron chi connectivity index (χ1n) is 3.56. The molecule has 0 saturated carbocycles. The molecule has 1 aromatic rings. The number of alkyl halides is 3.